The van der Waals surface area contributed by atoms with Crippen molar-refractivity contribution in [1.82, 2.24) is 9.88 Å². The van der Waals surface area contributed by atoms with Gasteiger partial charge in [-0.1, -0.05) is 6.07 Å². The number of hydrogen-bond acceptors (Lipinski definition) is 5. The minimum atomic E-state index is 0.0278. The number of rotatable bonds is 4. The molecule has 1 aliphatic rings. The topological polar surface area (TPSA) is 59.8 Å². The zero-order valence-electron chi connectivity index (χ0n) is 10.6. The molecule has 0 saturated carbocycles. The van der Waals surface area contributed by atoms with Crippen LogP contribution in [0.3, 0.4) is 0 Å². The van der Waals surface area contributed by atoms with E-state index in [-0.39, 0.29) is 13.2 Å². The second-order valence-electron chi connectivity index (χ2n) is 4.55. The van der Waals surface area contributed by atoms with Crippen molar-refractivity contribution >= 4 is 5.82 Å². The number of nitrogens with zero attached hydrogens (tertiary/aromatic N) is 3. The van der Waals surface area contributed by atoms with E-state index in [0.717, 1.165) is 50.5 Å². The predicted molar refractivity (Wildman–Crippen MR) is 70.5 cm³/mol. The van der Waals surface area contributed by atoms with Crippen molar-refractivity contribution in [3.8, 4) is 0 Å². The standard InChI is InChI=1S/C13H21N3O2/c17-10-9-15-5-2-6-16(8-7-15)13-12(11-18)3-1-4-14-13/h1,3-4,17-18H,2,5-11H2. The molecular weight excluding hydrogens is 230 g/mol. The van der Waals surface area contributed by atoms with E-state index in [1.807, 2.05) is 12.1 Å². The highest BCUT2D eigenvalue weighted by atomic mass is 16.3. The summed E-state index contributed by atoms with van der Waals surface area (Å²) in [6, 6.07) is 3.77. The van der Waals surface area contributed by atoms with Crippen molar-refractivity contribution in [2.45, 2.75) is 13.0 Å². The number of pyridine rings is 1. The fourth-order valence-corrected chi connectivity index (χ4v) is 2.39. The summed E-state index contributed by atoms with van der Waals surface area (Å²) in [5, 5.41) is 18.3. The molecule has 0 unspecified atom stereocenters. The number of aliphatic hydroxyl groups is 2. The van der Waals surface area contributed by atoms with Gasteiger partial charge in [0.15, 0.2) is 0 Å². The maximum Gasteiger partial charge on any atom is 0.134 e. The van der Waals surface area contributed by atoms with E-state index in [1.54, 1.807) is 6.20 Å². The molecule has 0 amide bonds. The highest BCUT2D eigenvalue weighted by molar-refractivity contribution is 5.46. The molecule has 5 nitrogen and oxygen atoms in total. The van der Waals surface area contributed by atoms with Gasteiger partial charge in [0.1, 0.15) is 5.82 Å². The quantitative estimate of drug-likeness (QED) is 0.793. The van der Waals surface area contributed by atoms with Gasteiger partial charge in [0, 0.05) is 37.9 Å². The Bertz CT molecular complexity index is 373. The van der Waals surface area contributed by atoms with E-state index in [9.17, 15) is 5.11 Å². The van der Waals surface area contributed by atoms with Crippen LogP contribution in [0.1, 0.15) is 12.0 Å². The highest BCUT2D eigenvalue weighted by Crippen LogP contribution is 2.18. The molecule has 1 fully saturated rings. The van der Waals surface area contributed by atoms with Crippen molar-refractivity contribution < 1.29 is 10.2 Å². The molecule has 5 heteroatoms. The monoisotopic (exact) mass is 251 g/mol. The molecule has 2 rings (SSSR count). The van der Waals surface area contributed by atoms with Gasteiger partial charge in [-0.05, 0) is 19.0 Å². The summed E-state index contributed by atoms with van der Waals surface area (Å²) in [6.07, 6.45) is 2.83. The Morgan fingerprint density at radius 3 is 2.83 bits per heavy atom. The Morgan fingerprint density at radius 2 is 2.06 bits per heavy atom. The van der Waals surface area contributed by atoms with Gasteiger partial charge in [-0.25, -0.2) is 4.98 Å². The molecule has 1 saturated heterocycles. The van der Waals surface area contributed by atoms with E-state index in [1.165, 1.54) is 0 Å². The molecule has 0 radical (unpaired) electrons. The van der Waals surface area contributed by atoms with E-state index in [4.69, 9.17) is 5.11 Å². The lowest BCUT2D eigenvalue weighted by Crippen LogP contribution is -2.33. The molecular formula is C13H21N3O2. The summed E-state index contributed by atoms with van der Waals surface area (Å²) >= 11 is 0. The summed E-state index contributed by atoms with van der Waals surface area (Å²) in [6.45, 7) is 4.77. The molecule has 0 spiro atoms. The van der Waals surface area contributed by atoms with Gasteiger partial charge in [0.2, 0.25) is 0 Å². The van der Waals surface area contributed by atoms with Gasteiger partial charge >= 0.3 is 0 Å². The van der Waals surface area contributed by atoms with E-state index >= 15 is 0 Å². The van der Waals surface area contributed by atoms with Crippen LogP contribution in [0.2, 0.25) is 0 Å². The first-order valence-corrected chi connectivity index (χ1v) is 6.48. The van der Waals surface area contributed by atoms with Crippen LogP contribution in [0.4, 0.5) is 5.82 Å². The molecule has 0 aromatic carbocycles. The first-order valence-electron chi connectivity index (χ1n) is 6.48. The molecule has 0 bridgehead atoms. The third-order valence-electron chi connectivity index (χ3n) is 3.34. The minimum absolute atomic E-state index is 0.0278. The summed E-state index contributed by atoms with van der Waals surface area (Å²) < 4.78 is 0. The zero-order chi connectivity index (χ0) is 12.8. The average Bonchev–Trinajstić information content (AvgIpc) is 2.65. The van der Waals surface area contributed by atoms with Gasteiger partial charge in [-0.2, -0.15) is 0 Å². The van der Waals surface area contributed by atoms with Crippen LogP contribution in [-0.2, 0) is 6.61 Å². The van der Waals surface area contributed by atoms with Gasteiger partial charge in [-0.3, -0.25) is 4.90 Å². The van der Waals surface area contributed by atoms with Gasteiger partial charge in [-0.15, -0.1) is 0 Å². The molecule has 2 N–H and O–H groups in total. The highest BCUT2D eigenvalue weighted by Gasteiger charge is 2.17. The van der Waals surface area contributed by atoms with Crippen LogP contribution < -0.4 is 4.90 Å². The number of aromatic nitrogens is 1. The molecule has 2 heterocycles. The SMILES string of the molecule is OCCN1CCCN(c2ncccc2CO)CC1. The van der Waals surface area contributed by atoms with Crippen molar-refractivity contribution in [2.24, 2.45) is 0 Å². The maximum absolute atomic E-state index is 9.35. The summed E-state index contributed by atoms with van der Waals surface area (Å²) in [5.41, 5.74) is 0.883. The Morgan fingerprint density at radius 1 is 1.17 bits per heavy atom. The van der Waals surface area contributed by atoms with Gasteiger partial charge in [0.05, 0.1) is 13.2 Å². The lowest BCUT2D eigenvalue weighted by Gasteiger charge is -2.24. The van der Waals surface area contributed by atoms with Crippen LogP contribution in [-0.4, -0.2) is 59.4 Å². The lowest BCUT2D eigenvalue weighted by atomic mass is 10.2. The molecule has 1 aromatic rings. The Hall–Kier alpha value is -1.17. The largest absolute Gasteiger partial charge is 0.395 e. The van der Waals surface area contributed by atoms with Crippen molar-refractivity contribution in [3.05, 3.63) is 23.9 Å². The Balaban J connectivity index is 2.05. The Kier molecular flexibility index (Phi) is 4.92. The summed E-state index contributed by atoms with van der Waals surface area (Å²) in [4.78, 5) is 8.87. The van der Waals surface area contributed by atoms with E-state index in [2.05, 4.69) is 14.8 Å². The van der Waals surface area contributed by atoms with Crippen molar-refractivity contribution in [1.29, 1.82) is 0 Å². The second-order valence-corrected chi connectivity index (χ2v) is 4.55. The van der Waals surface area contributed by atoms with Crippen LogP contribution in [0, 0.1) is 0 Å². The van der Waals surface area contributed by atoms with Gasteiger partial charge < -0.3 is 15.1 Å². The Labute approximate surface area is 108 Å². The van der Waals surface area contributed by atoms with Crippen molar-refractivity contribution in [2.75, 3.05) is 44.2 Å². The van der Waals surface area contributed by atoms with Gasteiger partial charge in [0.25, 0.3) is 0 Å². The molecule has 0 aliphatic carbocycles. The fourth-order valence-electron chi connectivity index (χ4n) is 2.39. The third-order valence-corrected chi connectivity index (χ3v) is 3.34. The first-order chi connectivity index (χ1) is 8.85. The fraction of sp³-hybridized carbons (Fsp3) is 0.615. The lowest BCUT2D eigenvalue weighted by molar-refractivity contribution is 0.204. The summed E-state index contributed by atoms with van der Waals surface area (Å²) in [7, 11) is 0. The van der Waals surface area contributed by atoms with Crippen molar-refractivity contribution in [3.63, 3.8) is 0 Å². The zero-order valence-corrected chi connectivity index (χ0v) is 10.6. The number of β-amino-alcohol motifs (C(OH)–C–C–N with tert-alkyl or cyclic N) is 1. The van der Waals surface area contributed by atoms with Crippen LogP contribution in [0.25, 0.3) is 0 Å². The van der Waals surface area contributed by atoms with Crippen LogP contribution in [0.15, 0.2) is 18.3 Å². The van der Waals surface area contributed by atoms with Crippen LogP contribution in [0.5, 0.6) is 0 Å². The second kappa shape index (κ2) is 6.68. The molecule has 1 aliphatic heterocycles. The minimum Gasteiger partial charge on any atom is -0.395 e. The smallest absolute Gasteiger partial charge is 0.134 e. The summed E-state index contributed by atoms with van der Waals surface area (Å²) in [5.74, 6) is 0.894. The number of anilines is 1. The maximum atomic E-state index is 9.35. The molecule has 100 valence electrons. The number of hydrogen-bond donors (Lipinski definition) is 2. The molecule has 18 heavy (non-hydrogen) atoms. The molecule has 0 atom stereocenters. The predicted octanol–water partition coefficient (Wildman–Crippen LogP) is 0.0783. The normalized spacial score (nSPS) is 17.8. The van der Waals surface area contributed by atoms with E-state index < -0.39 is 0 Å². The number of aliphatic hydroxyl groups excluding tert-OH is 2. The van der Waals surface area contributed by atoms with Crippen LogP contribution >= 0.6 is 0 Å². The average molecular weight is 251 g/mol. The van der Waals surface area contributed by atoms with E-state index in [0.29, 0.717) is 0 Å². The third kappa shape index (κ3) is 3.19. The molecule has 1 aromatic heterocycles. The first kappa shape index (κ1) is 13.3.